The van der Waals surface area contributed by atoms with E-state index in [1.165, 1.54) is 0 Å². The predicted octanol–water partition coefficient (Wildman–Crippen LogP) is 3.73. The number of thioether (sulfide) groups is 1. The van der Waals surface area contributed by atoms with Crippen LogP contribution in [0, 0.1) is 6.92 Å². The van der Waals surface area contributed by atoms with Gasteiger partial charge in [0.1, 0.15) is 0 Å². The highest BCUT2D eigenvalue weighted by Gasteiger charge is 2.12. The van der Waals surface area contributed by atoms with Crippen LogP contribution in [0.25, 0.3) is 0 Å². The van der Waals surface area contributed by atoms with E-state index in [1.807, 2.05) is 31.2 Å². The lowest BCUT2D eigenvalue weighted by Gasteiger charge is -2.12. The van der Waals surface area contributed by atoms with Crippen molar-refractivity contribution in [3.05, 3.63) is 53.6 Å². The zero-order valence-corrected chi connectivity index (χ0v) is 15.4. The molecule has 2 rings (SSSR count). The Balaban J connectivity index is 2.26. The molecule has 5 nitrogen and oxygen atoms in total. The third-order valence-corrected chi connectivity index (χ3v) is 4.78. The monoisotopic (exact) mass is 364 g/mol. The molecule has 0 aliphatic rings. The lowest BCUT2D eigenvalue weighted by molar-refractivity contribution is 0.102. The van der Waals surface area contributed by atoms with Crippen molar-refractivity contribution in [2.45, 2.75) is 18.7 Å². The number of carbonyl (C=O) groups excluding carboxylic acids is 1. The fourth-order valence-corrected chi connectivity index (χ4v) is 3.50. The predicted molar refractivity (Wildman–Crippen MR) is 100 cm³/mol. The Labute approximate surface area is 146 Å². The number of sulfonamides is 1. The molecule has 24 heavy (non-hydrogen) atoms. The molecule has 1 amide bonds. The van der Waals surface area contributed by atoms with Crippen LogP contribution in [0.5, 0.6) is 0 Å². The molecule has 0 fully saturated rings. The first kappa shape index (κ1) is 18.4. The van der Waals surface area contributed by atoms with E-state index in [0.717, 1.165) is 28.2 Å². The summed E-state index contributed by atoms with van der Waals surface area (Å²) in [6, 6.07) is 12.5. The largest absolute Gasteiger partial charge is 0.321 e. The number of aryl methyl sites for hydroxylation is 1. The quantitative estimate of drug-likeness (QED) is 0.766. The van der Waals surface area contributed by atoms with Gasteiger partial charge in [0, 0.05) is 10.5 Å². The number of benzene rings is 2. The summed E-state index contributed by atoms with van der Waals surface area (Å²) in [7, 11) is -3.40. The minimum Gasteiger partial charge on any atom is -0.321 e. The fourth-order valence-electron chi connectivity index (χ4n) is 2.12. The highest BCUT2D eigenvalue weighted by atomic mass is 32.2. The molecule has 128 valence electrons. The maximum absolute atomic E-state index is 12.5. The molecule has 2 N–H and O–H groups in total. The van der Waals surface area contributed by atoms with Crippen molar-refractivity contribution in [1.82, 2.24) is 0 Å². The van der Waals surface area contributed by atoms with Crippen LogP contribution in [-0.4, -0.2) is 26.3 Å². The Morgan fingerprint density at radius 1 is 1.12 bits per heavy atom. The van der Waals surface area contributed by atoms with Crippen LogP contribution in [0.3, 0.4) is 0 Å². The van der Waals surface area contributed by atoms with Gasteiger partial charge in [0.25, 0.3) is 5.91 Å². The number of hydrogen-bond acceptors (Lipinski definition) is 4. The number of carbonyl (C=O) groups is 1. The van der Waals surface area contributed by atoms with Crippen molar-refractivity contribution < 1.29 is 13.2 Å². The van der Waals surface area contributed by atoms with Crippen molar-refractivity contribution in [1.29, 1.82) is 0 Å². The van der Waals surface area contributed by atoms with Gasteiger partial charge < -0.3 is 5.32 Å². The minimum absolute atomic E-state index is 0.282. The maximum Gasteiger partial charge on any atom is 0.255 e. The topological polar surface area (TPSA) is 75.3 Å². The summed E-state index contributed by atoms with van der Waals surface area (Å²) in [4.78, 5) is 13.5. The van der Waals surface area contributed by atoms with Crippen LogP contribution in [0.4, 0.5) is 11.4 Å². The van der Waals surface area contributed by atoms with E-state index in [1.54, 1.807) is 36.9 Å². The van der Waals surface area contributed by atoms with E-state index in [-0.39, 0.29) is 5.91 Å². The Morgan fingerprint density at radius 3 is 2.50 bits per heavy atom. The van der Waals surface area contributed by atoms with E-state index in [4.69, 9.17) is 0 Å². The molecule has 7 heteroatoms. The van der Waals surface area contributed by atoms with Gasteiger partial charge in [0.2, 0.25) is 10.0 Å². The SMILES string of the molecule is CCSc1ccccc1NC(=O)c1ccc(C)c(NS(C)(=O)=O)c1. The summed E-state index contributed by atoms with van der Waals surface area (Å²) in [6.07, 6.45) is 1.08. The molecule has 2 aromatic rings. The number of para-hydroxylation sites is 1. The Kier molecular flexibility index (Phi) is 5.90. The standard InChI is InChI=1S/C17H20N2O3S2/c1-4-23-16-8-6-5-7-14(16)18-17(20)13-10-9-12(2)15(11-13)19-24(3,21)22/h5-11,19H,4H2,1-3H3,(H,18,20). The molecule has 2 aromatic carbocycles. The average molecular weight is 364 g/mol. The molecule has 0 unspecified atom stereocenters. The molecule has 0 saturated heterocycles. The molecule has 0 heterocycles. The van der Waals surface area contributed by atoms with Crippen LogP contribution in [0.15, 0.2) is 47.4 Å². The second kappa shape index (κ2) is 7.72. The van der Waals surface area contributed by atoms with Crippen molar-refractivity contribution in [2.75, 3.05) is 22.0 Å². The van der Waals surface area contributed by atoms with E-state index in [0.29, 0.717) is 11.3 Å². The van der Waals surface area contributed by atoms with Crippen LogP contribution < -0.4 is 10.0 Å². The zero-order valence-electron chi connectivity index (χ0n) is 13.8. The molecule has 0 radical (unpaired) electrons. The van der Waals surface area contributed by atoms with Gasteiger partial charge in [0.05, 0.1) is 17.6 Å². The lowest BCUT2D eigenvalue weighted by Crippen LogP contribution is -2.15. The molecular formula is C17H20N2O3S2. The Hall–Kier alpha value is -1.99. The van der Waals surface area contributed by atoms with Gasteiger partial charge in [-0.15, -0.1) is 11.8 Å². The number of anilines is 2. The minimum atomic E-state index is -3.40. The van der Waals surface area contributed by atoms with Crippen LogP contribution >= 0.6 is 11.8 Å². The zero-order chi connectivity index (χ0) is 17.7. The Morgan fingerprint density at radius 2 is 1.83 bits per heavy atom. The summed E-state index contributed by atoms with van der Waals surface area (Å²) in [5.41, 5.74) is 2.29. The summed E-state index contributed by atoms with van der Waals surface area (Å²) in [5.74, 6) is 0.621. The van der Waals surface area contributed by atoms with E-state index < -0.39 is 10.0 Å². The number of rotatable bonds is 6. The lowest BCUT2D eigenvalue weighted by atomic mass is 10.1. The summed E-state index contributed by atoms with van der Waals surface area (Å²) >= 11 is 1.65. The summed E-state index contributed by atoms with van der Waals surface area (Å²) in [6.45, 7) is 3.83. The number of amides is 1. The molecule has 0 bridgehead atoms. The second-order valence-corrected chi connectivity index (χ2v) is 8.34. The van der Waals surface area contributed by atoms with Crippen molar-refractivity contribution >= 4 is 39.1 Å². The first-order valence-electron chi connectivity index (χ1n) is 7.42. The van der Waals surface area contributed by atoms with E-state index >= 15 is 0 Å². The summed E-state index contributed by atoms with van der Waals surface area (Å²) in [5, 5.41) is 2.88. The molecular weight excluding hydrogens is 344 g/mol. The van der Waals surface area contributed by atoms with Gasteiger partial charge in [-0.1, -0.05) is 25.1 Å². The van der Waals surface area contributed by atoms with Gasteiger partial charge >= 0.3 is 0 Å². The van der Waals surface area contributed by atoms with Gasteiger partial charge in [0.15, 0.2) is 0 Å². The van der Waals surface area contributed by atoms with Gasteiger partial charge in [-0.05, 0) is 42.5 Å². The maximum atomic E-state index is 12.5. The van der Waals surface area contributed by atoms with Crippen molar-refractivity contribution in [3.63, 3.8) is 0 Å². The molecule has 0 atom stereocenters. The second-order valence-electron chi connectivity index (χ2n) is 5.29. The van der Waals surface area contributed by atoms with Gasteiger partial charge in [-0.25, -0.2) is 8.42 Å². The third kappa shape index (κ3) is 5.01. The molecule has 0 aliphatic carbocycles. The highest BCUT2D eigenvalue weighted by Crippen LogP contribution is 2.27. The number of hydrogen-bond donors (Lipinski definition) is 2. The fraction of sp³-hybridized carbons (Fsp3) is 0.235. The van der Waals surface area contributed by atoms with Gasteiger partial charge in [-0.3, -0.25) is 9.52 Å². The average Bonchev–Trinajstić information content (AvgIpc) is 2.50. The van der Waals surface area contributed by atoms with Crippen molar-refractivity contribution in [3.8, 4) is 0 Å². The first-order valence-corrected chi connectivity index (χ1v) is 10.3. The molecule has 0 aliphatic heterocycles. The molecule has 0 saturated carbocycles. The highest BCUT2D eigenvalue weighted by molar-refractivity contribution is 7.99. The Bertz CT molecular complexity index is 849. The smallest absolute Gasteiger partial charge is 0.255 e. The third-order valence-electron chi connectivity index (χ3n) is 3.23. The number of nitrogens with one attached hydrogen (secondary N) is 2. The van der Waals surface area contributed by atoms with Crippen molar-refractivity contribution in [2.24, 2.45) is 0 Å². The normalized spacial score (nSPS) is 11.1. The van der Waals surface area contributed by atoms with Gasteiger partial charge in [-0.2, -0.15) is 0 Å². The molecule has 0 spiro atoms. The van der Waals surface area contributed by atoms with Crippen LogP contribution in [-0.2, 0) is 10.0 Å². The van der Waals surface area contributed by atoms with E-state index in [2.05, 4.69) is 10.0 Å². The van der Waals surface area contributed by atoms with E-state index in [9.17, 15) is 13.2 Å². The summed E-state index contributed by atoms with van der Waals surface area (Å²) < 4.78 is 25.3. The van der Waals surface area contributed by atoms with Crippen LogP contribution in [0.1, 0.15) is 22.8 Å². The molecule has 0 aromatic heterocycles. The van der Waals surface area contributed by atoms with Crippen LogP contribution in [0.2, 0.25) is 0 Å². The first-order chi connectivity index (χ1) is 11.3.